The monoisotopic (exact) mass is 283 g/mol. The molecule has 0 aliphatic carbocycles. The zero-order valence-electron chi connectivity index (χ0n) is 12.9. The number of aromatic nitrogens is 1. The van der Waals surface area contributed by atoms with Crippen molar-refractivity contribution in [2.75, 3.05) is 13.1 Å². The molecule has 0 spiro atoms. The first kappa shape index (κ1) is 15.7. The number of hydrogen-bond acceptors (Lipinski definition) is 3. The zero-order valence-corrected chi connectivity index (χ0v) is 12.9. The minimum atomic E-state index is 0.0731. The molecule has 112 valence electrons. The SMILES string of the molecule is CCN(Cc1ccccn1)CC(C)C(N)c1ccccc1. The van der Waals surface area contributed by atoms with Crippen molar-refractivity contribution in [3.63, 3.8) is 0 Å². The van der Waals surface area contributed by atoms with Gasteiger partial charge >= 0.3 is 0 Å². The third kappa shape index (κ3) is 4.66. The Balaban J connectivity index is 1.95. The maximum absolute atomic E-state index is 6.39. The van der Waals surface area contributed by atoms with Crippen molar-refractivity contribution in [1.29, 1.82) is 0 Å². The van der Waals surface area contributed by atoms with E-state index in [0.29, 0.717) is 5.92 Å². The van der Waals surface area contributed by atoms with E-state index in [1.165, 1.54) is 5.56 Å². The third-order valence-electron chi connectivity index (χ3n) is 3.90. The van der Waals surface area contributed by atoms with Gasteiger partial charge in [-0.15, -0.1) is 0 Å². The molecule has 0 aliphatic rings. The molecule has 0 saturated heterocycles. The standard InChI is InChI=1S/C18H25N3/c1-3-21(14-17-11-7-8-12-20-17)13-15(2)18(19)16-9-5-4-6-10-16/h4-12,15,18H,3,13-14,19H2,1-2H3. The van der Waals surface area contributed by atoms with E-state index in [9.17, 15) is 0 Å². The summed E-state index contributed by atoms with van der Waals surface area (Å²) in [4.78, 5) is 6.80. The Hall–Kier alpha value is -1.71. The molecule has 0 amide bonds. The Kier molecular flexibility index (Phi) is 5.90. The van der Waals surface area contributed by atoms with Gasteiger partial charge in [0.1, 0.15) is 0 Å². The van der Waals surface area contributed by atoms with E-state index in [2.05, 4.69) is 41.9 Å². The summed E-state index contributed by atoms with van der Waals surface area (Å²) >= 11 is 0. The zero-order chi connectivity index (χ0) is 15.1. The molecule has 2 N–H and O–H groups in total. The summed E-state index contributed by atoms with van der Waals surface area (Å²) in [6, 6.07) is 16.5. The fourth-order valence-electron chi connectivity index (χ4n) is 2.55. The van der Waals surface area contributed by atoms with Gasteiger partial charge in [0.25, 0.3) is 0 Å². The van der Waals surface area contributed by atoms with Crippen LogP contribution in [0.15, 0.2) is 54.7 Å². The quantitative estimate of drug-likeness (QED) is 0.848. The van der Waals surface area contributed by atoms with E-state index >= 15 is 0 Å². The second-order valence-electron chi connectivity index (χ2n) is 5.56. The number of hydrogen-bond donors (Lipinski definition) is 1. The maximum atomic E-state index is 6.39. The van der Waals surface area contributed by atoms with Crippen LogP contribution in [0.4, 0.5) is 0 Å². The lowest BCUT2D eigenvalue weighted by Crippen LogP contribution is -2.33. The molecule has 2 unspecified atom stereocenters. The number of rotatable bonds is 7. The van der Waals surface area contributed by atoms with Crippen molar-refractivity contribution >= 4 is 0 Å². The van der Waals surface area contributed by atoms with Crippen LogP contribution < -0.4 is 5.73 Å². The molecule has 0 saturated carbocycles. The van der Waals surface area contributed by atoms with Crippen molar-refractivity contribution in [1.82, 2.24) is 9.88 Å². The minimum Gasteiger partial charge on any atom is -0.324 e. The molecule has 2 atom stereocenters. The van der Waals surface area contributed by atoms with E-state index in [4.69, 9.17) is 5.73 Å². The Morgan fingerprint density at radius 1 is 1.10 bits per heavy atom. The van der Waals surface area contributed by atoms with Gasteiger partial charge < -0.3 is 5.73 Å². The summed E-state index contributed by atoms with van der Waals surface area (Å²) in [6.07, 6.45) is 1.85. The summed E-state index contributed by atoms with van der Waals surface area (Å²) in [5, 5.41) is 0. The van der Waals surface area contributed by atoms with E-state index in [1.807, 2.05) is 36.5 Å². The summed E-state index contributed by atoms with van der Waals surface area (Å²) in [7, 11) is 0. The van der Waals surface area contributed by atoms with E-state index in [-0.39, 0.29) is 6.04 Å². The van der Waals surface area contributed by atoms with E-state index in [0.717, 1.165) is 25.3 Å². The van der Waals surface area contributed by atoms with Crippen molar-refractivity contribution in [2.45, 2.75) is 26.4 Å². The minimum absolute atomic E-state index is 0.0731. The van der Waals surface area contributed by atoms with E-state index in [1.54, 1.807) is 0 Å². The van der Waals surface area contributed by atoms with Crippen LogP contribution in [-0.2, 0) is 6.54 Å². The molecule has 2 aromatic rings. The molecule has 1 heterocycles. The highest BCUT2D eigenvalue weighted by molar-refractivity contribution is 5.19. The van der Waals surface area contributed by atoms with Gasteiger partial charge in [-0.3, -0.25) is 9.88 Å². The molecule has 0 bridgehead atoms. The smallest absolute Gasteiger partial charge is 0.0543 e. The van der Waals surface area contributed by atoms with Crippen LogP contribution in [0.25, 0.3) is 0 Å². The first-order valence-electron chi connectivity index (χ1n) is 7.63. The predicted octanol–water partition coefficient (Wildman–Crippen LogP) is 3.24. The number of nitrogens with two attached hydrogens (primary N) is 1. The molecular formula is C18H25N3. The van der Waals surface area contributed by atoms with Gasteiger partial charge in [-0.05, 0) is 30.2 Å². The van der Waals surface area contributed by atoms with Gasteiger partial charge in [0.15, 0.2) is 0 Å². The lowest BCUT2D eigenvalue weighted by atomic mass is 9.95. The van der Waals surface area contributed by atoms with Crippen LogP contribution in [0, 0.1) is 5.92 Å². The van der Waals surface area contributed by atoms with Crippen LogP contribution in [-0.4, -0.2) is 23.0 Å². The van der Waals surface area contributed by atoms with Crippen molar-refractivity contribution in [3.05, 3.63) is 66.0 Å². The normalized spacial score (nSPS) is 14.1. The Morgan fingerprint density at radius 2 is 1.81 bits per heavy atom. The fourth-order valence-corrected chi connectivity index (χ4v) is 2.55. The van der Waals surface area contributed by atoms with Crippen LogP contribution in [0.2, 0.25) is 0 Å². The molecule has 21 heavy (non-hydrogen) atoms. The van der Waals surface area contributed by atoms with Crippen molar-refractivity contribution in [3.8, 4) is 0 Å². The Labute approximate surface area is 127 Å². The first-order valence-corrected chi connectivity index (χ1v) is 7.63. The maximum Gasteiger partial charge on any atom is 0.0543 e. The van der Waals surface area contributed by atoms with Gasteiger partial charge in [-0.25, -0.2) is 0 Å². The third-order valence-corrected chi connectivity index (χ3v) is 3.90. The lowest BCUT2D eigenvalue weighted by molar-refractivity contribution is 0.222. The number of benzene rings is 1. The highest BCUT2D eigenvalue weighted by Gasteiger charge is 2.17. The summed E-state index contributed by atoms with van der Waals surface area (Å²) in [5.41, 5.74) is 8.71. The van der Waals surface area contributed by atoms with Crippen LogP contribution in [0.5, 0.6) is 0 Å². The molecule has 0 fully saturated rings. The average molecular weight is 283 g/mol. The van der Waals surface area contributed by atoms with E-state index < -0.39 is 0 Å². The largest absolute Gasteiger partial charge is 0.324 e. The van der Waals surface area contributed by atoms with Gasteiger partial charge in [-0.2, -0.15) is 0 Å². The Bertz CT molecular complexity index is 513. The lowest BCUT2D eigenvalue weighted by Gasteiger charge is -2.27. The molecule has 2 rings (SSSR count). The molecular weight excluding hydrogens is 258 g/mol. The fraction of sp³-hybridized carbons (Fsp3) is 0.389. The second-order valence-corrected chi connectivity index (χ2v) is 5.56. The van der Waals surface area contributed by atoms with Crippen molar-refractivity contribution in [2.24, 2.45) is 11.7 Å². The summed E-state index contributed by atoms with van der Waals surface area (Å²) in [5.74, 6) is 0.399. The van der Waals surface area contributed by atoms with Crippen molar-refractivity contribution < 1.29 is 0 Å². The molecule has 1 aromatic heterocycles. The van der Waals surface area contributed by atoms with Gasteiger partial charge in [0.2, 0.25) is 0 Å². The summed E-state index contributed by atoms with van der Waals surface area (Å²) in [6.45, 7) is 7.26. The van der Waals surface area contributed by atoms with Crippen LogP contribution in [0.3, 0.4) is 0 Å². The highest BCUT2D eigenvalue weighted by Crippen LogP contribution is 2.20. The molecule has 3 heteroatoms. The molecule has 0 aliphatic heterocycles. The Morgan fingerprint density at radius 3 is 2.43 bits per heavy atom. The molecule has 3 nitrogen and oxygen atoms in total. The number of pyridine rings is 1. The van der Waals surface area contributed by atoms with Crippen LogP contribution >= 0.6 is 0 Å². The number of nitrogens with zero attached hydrogens (tertiary/aromatic N) is 2. The van der Waals surface area contributed by atoms with Crippen LogP contribution in [0.1, 0.15) is 31.1 Å². The second kappa shape index (κ2) is 7.91. The topological polar surface area (TPSA) is 42.2 Å². The van der Waals surface area contributed by atoms with Gasteiger partial charge in [0.05, 0.1) is 5.69 Å². The predicted molar refractivity (Wildman–Crippen MR) is 87.7 cm³/mol. The summed E-state index contributed by atoms with van der Waals surface area (Å²) < 4.78 is 0. The first-order chi connectivity index (χ1) is 10.2. The van der Waals surface area contributed by atoms with Gasteiger partial charge in [-0.1, -0.05) is 50.2 Å². The highest BCUT2D eigenvalue weighted by atomic mass is 15.1. The molecule has 1 aromatic carbocycles. The molecule has 0 radical (unpaired) electrons. The average Bonchev–Trinajstić information content (AvgIpc) is 2.55. The van der Waals surface area contributed by atoms with Gasteiger partial charge in [0, 0.05) is 25.3 Å².